The van der Waals surface area contributed by atoms with E-state index in [4.69, 9.17) is 0 Å². The molecule has 26 heavy (non-hydrogen) atoms. The van der Waals surface area contributed by atoms with Gasteiger partial charge in [-0.05, 0) is 30.7 Å². The molecular formula is C17H16F3N3O2S. The van der Waals surface area contributed by atoms with Crippen molar-refractivity contribution in [3.63, 3.8) is 0 Å². The van der Waals surface area contributed by atoms with E-state index >= 15 is 0 Å². The van der Waals surface area contributed by atoms with E-state index in [9.17, 15) is 22.8 Å². The number of carbonyl (C=O) groups excluding carboxylic acids is 2. The van der Waals surface area contributed by atoms with Crippen molar-refractivity contribution in [2.24, 2.45) is 0 Å². The van der Waals surface area contributed by atoms with Gasteiger partial charge in [0.1, 0.15) is 5.01 Å². The van der Waals surface area contributed by atoms with Crippen LogP contribution in [0.3, 0.4) is 0 Å². The zero-order chi connectivity index (χ0) is 19.3. The van der Waals surface area contributed by atoms with Gasteiger partial charge in [-0.15, -0.1) is 11.3 Å². The third-order valence-corrected chi connectivity index (χ3v) is 4.36. The van der Waals surface area contributed by atoms with Crippen LogP contribution in [0, 0.1) is 0 Å². The van der Waals surface area contributed by atoms with Gasteiger partial charge in [-0.25, -0.2) is 4.98 Å². The Labute approximate surface area is 151 Å². The van der Waals surface area contributed by atoms with Gasteiger partial charge in [-0.3, -0.25) is 9.59 Å². The number of halogens is 3. The van der Waals surface area contributed by atoms with Gasteiger partial charge in [0.05, 0.1) is 6.04 Å². The maximum atomic E-state index is 12.7. The molecule has 0 radical (unpaired) electrons. The highest BCUT2D eigenvalue weighted by Gasteiger charge is 2.34. The molecule has 1 heterocycles. The Hall–Kier alpha value is -2.68. The minimum Gasteiger partial charge on any atom is -0.343 e. The smallest absolute Gasteiger partial charge is 0.343 e. The molecule has 5 nitrogen and oxygen atoms in total. The first-order valence-corrected chi connectivity index (χ1v) is 8.49. The van der Waals surface area contributed by atoms with Crippen LogP contribution in [0.5, 0.6) is 0 Å². The van der Waals surface area contributed by atoms with Crippen molar-refractivity contribution in [2.75, 3.05) is 5.32 Å². The largest absolute Gasteiger partial charge is 0.434 e. The molecule has 2 amide bonds. The van der Waals surface area contributed by atoms with Crippen LogP contribution in [0.2, 0.25) is 0 Å². The Balaban J connectivity index is 2.14. The highest BCUT2D eigenvalue weighted by Crippen LogP contribution is 2.32. The number of aromatic nitrogens is 1. The fraction of sp³-hybridized carbons (Fsp3) is 0.235. The molecule has 0 spiro atoms. The van der Waals surface area contributed by atoms with E-state index in [-0.39, 0.29) is 10.6 Å². The van der Waals surface area contributed by atoms with Crippen molar-refractivity contribution in [1.82, 2.24) is 10.3 Å². The average Bonchev–Trinajstić information content (AvgIpc) is 3.09. The van der Waals surface area contributed by atoms with Crippen molar-refractivity contribution in [3.05, 3.63) is 58.6 Å². The highest BCUT2D eigenvalue weighted by molar-refractivity contribution is 7.09. The van der Waals surface area contributed by atoms with Gasteiger partial charge in [-0.2, -0.15) is 13.2 Å². The Morgan fingerprint density at radius 2 is 2.12 bits per heavy atom. The Bertz CT molecular complexity index is 818. The Kier molecular flexibility index (Phi) is 6.14. The lowest BCUT2D eigenvalue weighted by atomic mass is 10.1. The van der Waals surface area contributed by atoms with Gasteiger partial charge in [-0.1, -0.05) is 19.6 Å². The number of alkyl halides is 3. The zero-order valence-corrected chi connectivity index (χ0v) is 14.6. The summed E-state index contributed by atoms with van der Waals surface area (Å²) in [5.74, 6) is -0.897. The number of nitrogens with one attached hydrogen (secondary N) is 2. The molecule has 138 valence electrons. The quantitative estimate of drug-likeness (QED) is 0.736. The van der Waals surface area contributed by atoms with E-state index in [0.717, 1.165) is 22.8 Å². The minimum atomic E-state index is -4.52. The second kappa shape index (κ2) is 8.13. The molecule has 1 unspecified atom stereocenters. The predicted octanol–water partition coefficient (Wildman–Crippen LogP) is 4.17. The van der Waals surface area contributed by atoms with Crippen LogP contribution in [0.1, 0.15) is 40.4 Å². The number of thiazole rings is 1. The summed E-state index contributed by atoms with van der Waals surface area (Å²) in [5, 5.41) is 6.31. The fourth-order valence-electron chi connectivity index (χ4n) is 2.09. The molecule has 1 aromatic heterocycles. The monoisotopic (exact) mass is 383 g/mol. The lowest BCUT2D eigenvalue weighted by molar-refractivity contribution is -0.140. The number of rotatable bonds is 6. The first kappa shape index (κ1) is 19.6. The summed E-state index contributed by atoms with van der Waals surface area (Å²) >= 11 is 0.847. The third kappa shape index (κ3) is 4.92. The van der Waals surface area contributed by atoms with Crippen LogP contribution in [0.25, 0.3) is 0 Å². The first-order valence-electron chi connectivity index (χ1n) is 7.61. The first-order chi connectivity index (χ1) is 12.2. The molecule has 9 heteroatoms. The van der Waals surface area contributed by atoms with Gasteiger partial charge in [0.15, 0.2) is 5.69 Å². The van der Waals surface area contributed by atoms with Crippen LogP contribution >= 0.6 is 11.3 Å². The average molecular weight is 383 g/mol. The van der Waals surface area contributed by atoms with E-state index in [2.05, 4.69) is 22.2 Å². The van der Waals surface area contributed by atoms with Gasteiger partial charge in [0, 0.05) is 16.6 Å². The molecule has 0 aliphatic heterocycles. The number of hydrogen-bond donors (Lipinski definition) is 2. The number of anilines is 1. The normalized spacial score (nSPS) is 12.3. The highest BCUT2D eigenvalue weighted by atomic mass is 32.1. The van der Waals surface area contributed by atoms with E-state index in [1.54, 1.807) is 19.1 Å². The maximum absolute atomic E-state index is 12.7. The molecule has 0 aliphatic carbocycles. The van der Waals surface area contributed by atoms with Gasteiger partial charge >= 0.3 is 6.18 Å². The molecule has 0 bridgehead atoms. The molecule has 0 saturated carbocycles. The Morgan fingerprint density at radius 1 is 1.38 bits per heavy atom. The summed E-state index contributed by atoms with van der Waals surface area (Å²) < 4.78 is 38.1. The molecular weight excluding hydrogens is 367 g/mol. The van der Waals surface area contributed by atoms with E-state index < -0.39 is 29.7 Å². The van der Waals surface area contributed by atoms with Crippen molar-refractivity contribution < 1.29 is 22.8 Å². The summed E-state index contributed by atoms with van der Waals surface area (Å²) in [4.78, 5) is 27.3. The van der Waals surface area contributed by atoms with Crippen LogP contribution in [-0.4, -0.2) is 16.8 Å². The molecule has 2 rings (SSSR count). The van der Waals surface area contributed by atoms with Crippen LogP contribution in [0.4, 0.5) is 18.9 Å². The van der Waals surface area contributed by atoms with Crippen LogP contribution < -0.4 is 10.6 Å². The molecule has 0 aliphatic rings. The fourth-order valence-corrected chi connectivity index (χ4v) is 3.05. The number of amides is 2. The van der Waals surface area contributed by atoms with Gasteiger partial charge in [0.2, 0.25) is 5.91 Å². The number of hydrogen-bond acceptors (Lipinski definition) is 4. The van der Waals surface area contributed by atoms with Crippen molar-refractivity contribution in [1.29, 1.82) is 0 Å². The molecule has 1 atom stereocenters. The molecule has 0 fully saturated rings. The number of nitrogens with zero attached hydrogens (tertiary/aromatic N) is 1. The summed E-state index contributed by atoms with van der Waals surface area (Å²) in [7, 11) is 0. The molecule has 2 N–H and O–H groups in total. The summed E-state index contributed by atoms with van der Waals surface area (Å²) in [6, 6.07) is 5.54. The topological polar surface area (TPSA) is 71.1 Å². The lowest BCUT2D eigenvalue weighted by Crippen LogP contribution is -2.28. The second-order valence-electron chi connectivity index (χ2n) is 5.28. The SMILES string of the molecule is C=CC(=O)Nc1cccc(C(=O)NC(CC)c2nc(C(F)(F)F)cs2)c1. The van der Waals surface area contributed by atoms with Crippen molar-refractivity contribution in [3.8, 4) is 0 Å². The molecule has 2 aromatic rings. The lowest BCUT2D eigenvalue weighted by Gasteiger charge is -2.15. The van der Waals surface area contributed by atoms with E-state index in [1.165, 1.54) is 12.1 Å². The second-order valence-corrected chi connectivity index (χ2v) is 6.17. The van der Waals surface area contributed by atoms with Crippen molar-refractivity contribution in [2.45, 2.75) is 25.6 Å². The van der Waals surface area contributed by atoms with Crippen LogP contribution in [0.15, 0.2) is 42.3 Å². The summed E-state index contributed by atoms with van der Waals surface area (Å²) in [6.45, 7) is 5.08. The minimum absolute atomic E-state index is 0.185. The molecule has 0 saturated heterocycles. The number of benzene rings is 1. The van der Waals surface area contributed by atoms with E-state index in [0.29, 0.717) is 12.1 Å². The molecule has 1 aromatic carbocycles. The van der Waals surface area contributed by atoms with Gasteiger partial charge < -0.3 is 10.6 Å². The van der Waals surface area contributed by atoms with Crippen LogP contribution in [-0.2, 0) is 11.0 Å². The van der Waals surface area contributed by atoms with Crippen molar-refractivity contribution >= 4 is 28.8 Å². The Morgan fingerprint density at radius 3 is 2.69 bits per heavy atom. The maximum Gasteiger partial charge on any atom is 0.434 e. The zero-order valence-electron chi connectivity index (χ0n) is 13.8. The van der Waals surface area contributed by atoms with E-state index in [1.807, 2.05) is 0 Å². The standard InChI is InChI=1S/C17H16F3N3O2S/c1-3-12(16-23-13(9-26-16)17(18,19)20)22-15(25)10-6-5-7-11(8-10)21-14(24)4-2/h4-9,12H,2-3H2,1H3,(H,21,24)(H,22,25). The summed E-state index contributed by atoms with van der Waals surface area (Å²) in [5.41, 5.74) is -0.304. The van der Waals surface area contributed by atoms with Gasteiger partial charge in [0.25, 0.3) is 5.91 Å². The summed E-state index contributed by atoms with van der Waals surface area (Å²) in [6.07, 6.45) is -3.04. The third-order valence-electron chi connectivity index (χ3n) is 3.40. The predicted molar refractivity (Wildman–Crippen MR) is 92.9 cm³/mol. The number of carbonyl (C=O) groups is 2.